The van der Waals surface area contributed by atoms with Crippen molar-refractivity contribution >= 4 is 17.8 Å². The molecule has 1 aliphatic carbocycles. The van der Waals surface area contributed by atoms with Gasteiger partial charge in [0, 0.05) is 13.1 Å². The van der Waals surface area contributed by atoms with Crippen LogP contribution in [0.15, 0.2) is 24.3 Å². The topological polar surface area (TPSA) is 69.7 Å². The number of urea groups is 1. The molecule has 0 bridgehead atoms. The molecule has 3 rings (SSSR count). The van der Waals surface area contributed by atoms with Crippen molar-refractivity contribution in [2.24, 2.45) is 0 Å². The van der Waals surface area contributed by atoms with Gasteiger partial charge in [0.25, 0.3) is 5.91 Å². The van der Waals surface area contributed by atoms with Gasteiger partial charge in [-0.2, -0.15) is 0 Å². The maximum absolute atomic E-state index is 12.9. The molecule has 2 fully saturated rings. The van der Waals surface area contributed by atoms with Gasteiger partial charge in [0.15, 0.2) is 0 Å². The third kappa shape index (κ3) is 3.32. The van der Waals surface area contributed by atoms with Gasteiger partial charge in [-0.3, -0.25) is 14.5 Å². The second-order valence-electron chi connectivity index (χ2n) is 7.61. The van der Waals surface area contributed by atoms with Crippen molar-refractivity contribution in [3.8, 4) is 0 Å². The molecule has 1 atom stereocenters. The highest BCUT2D eigenvalue weighted by Crippen LogP contribution is 2.29. The number of hydrogen-bond acceptors (Lipinski definition) is 3. The first-order chi connectivity index (χ1) is 12.3. The predicted molar refractivity (Wildman–Crippen MR) is 98.4 cm³/mol. The van der Waals surface area contributed by atoms with Crippen molar-refractivity contribution in [3.05, 3.63) is 35.4 Å². The van der Waals surface area contributed by atoms with Crippen LogP contribution in [-0.4, -0.2) is 47.3 Å². The lowest BCUT2D eigenvalue weighted by atomic mass is 9.91. The minimum atomic E-state index is -1.13. The number of carbonyl (C=O) groups excluding carboxylic acids is 3. The number of hydrogen-bond donors (Lipinski definition) is 1. The molecule has 0 radical (unpaired) electrons. The van der Waals surface area contributed by atoms with Crippen molar-refractivity contribution in [3.63, 3.8) is 0 Å². The van der Waals surface area contributed by atoms with Gasteiger partial charge in [-0.05, 0) is 32.3 Å². The third-order valence-corrected chi connectivity index (χ3v) is 5.71. The molecule has 1 saturated carbocycles. The lowest BCUT2D eigenvalue weighted by Gasteiger charge is -2.32. The van der Waals surface area contributed by atoms with Gasteiger partial charge >= 0.3 is 6.03 Å². The number of likely N-dealkylation sites (N-methyl/N-ethyl adjacent to an activating group) is 1. The molecule has 26 heavy (non-hydrogen) atoms. The van der Waals surface area contributed by atoms with Crippen LogP contribution in [0.25, 0.3) is 0 Å². The summed E-state index contributed by atoms with van der Waals surface area (Å²) in [5.41, 5.74) is 0.668. The molecule has 6 nitrogen and oxygen atoms in total. The summed E-state index contributed by atoms with van der Waals surface area (Å²) in [6.45, 7) is 3.44. The summed E-state index contributed by atoms with van der Waals surface area (Å²) in [5, 5.41) is 2.76. The van der Waals surface area contributed by atoms with Crippen molar-refractivity contribution in [2.75, 3.05) is 13.6 Å². The SMILES string of the molecule is Cc1ccc([C@@]2(C)NC(=O)N(CC(=O)N(C)C3CCCCC3)C2=O)cc1. The fraction of sp³-hybridized carbons (Fsp3) is 0.550. The summed E-state index contributed by atoms with van der Waals surface area (Å²) in [7, 11) is 1.77. The zero-order valence-electron chi connectivity index (χ0n) is 15.7. The molecular formula is C20H27N3O3. The third-order valence-electron chi connectivity index (χ3n) is 5.71. The molecule has 1 N–H and O–H groups in total. The minimum Gasteiger partial charge on any atom is -0.341 e. The van der Waals surface area contributed by atoms with E-state index in [0.717, 1.165) is 41.7 Å². The number of nitrogens with zero attached hydrogens (tertiary/aromatic N) is 2. The first-order valence-corrected chi connectivity index (χ1v) is 9.30. The number of benzene rings is 1. The molecule has 6 heteroatoms. The van der Waals surface area contributed by atoms with E-state index >= 15 is 0 Å². The number of rotatable bonds is 4. The molecule has 140 valence electrons. The van der Waals surface area contributed by atoms with Crippen LogP contribution in [0.5, 0.6) is 0 Å². The predicted octanol–water partition coefficient (Wildman–Crippen LogP) is 2.55. The standard InChI is InChI=1S/C20H27N3O3/c1-14-9-11-15(12-10-14)20(2)18(25)23(19(26)21-20)13-17(24)22(3)16-7-5-4-6-8-16/h9-12,16H,4-8,13H2,1-3H3,(H,21,26)/t20-/m1/s1. The Hall–Kier alpha value is -2.37. The molecule has 2 aliphatic rings. The largest absolute Gasteiger partial charge is 0.341 e. The normalized spacial score (nSPS) is 23.9. The number of carbonyl (C=O) groups is 3. The Labute approximate surface area is 154 Å². The van der Waals surface area contributed by atoms with Crippen LogP contribution in [-0.2, 0) is 15.1 Å². The van der Waals surface area contributed by atoms with Crippen molar-refractivity contribution in [1.29, 1.82) is 0 Å². The average molecular weight is 357 g/mol. The molecule has 0 unspecified atom stereocenters. The van der Waals surface area contributed by atoms with E-state index in [1.807, 2.05) is 31.2 Å². The highest BCUT2D eigenvalue weighted by molar-refractivity contribution is 6.09. The highest BCUT2D eigenvalue weighted by Gasteiger charge is 2.49. The van der Waals surface area contributed by atoms with Crippen LogP contribution in [0.4, 0.5) is 4.79 Å². The first kappa shape index (κ1) is 18.4. The van der Waals surface area contributed by atoms with Crippen LogP contribution in [0.3, 0.4) is 0 Å². The maximum Gasteiger partial charge on any atom is 0.325 e. The Kier molecular flexibility index (Phi) is 5.03. The van der Waals surface area contributed by atoms with Gasteiger partial charge in [-0.25, -0.2) is 4.79 Å². The van der Waals surface area contributed by atoms with Gasteiger partial charge in [-0.1, -0.05) is 49.1 Å². The number of amides is 4. The van der Waals surface area contributed by atoms with E-state index in [9.17, 15) is 14.4 Å². The van der Waals surface area contributed by atoms with E-state index in [1.165, 1.54) is 6.42 Å². The Morgan fingerprint density at radius 1 is 1.19 bits per heavy atom. The van der Waals surface area contributed by atoms with Crippen LogP contribution < -0.4 is 5.32 Å². The smallest absolute Gasteiger partial charge is 0.325 e. The minimum absolute atomic E-state index is 0.187. The molecule has 1 aromatic carbocycles. The molecule has 0 aromatic heterocycles. The molecule has 4 amide bonds. The van der Waals surface area contributed by atoms with Crippen LogP contribution in [0.1, 0.15) is 50.2 Å². The maximum atomic E-state index is 12.9. The fourth-order valence-corrected chi connectivity index (χ4v) is 3.84. The fourth-order valence-electron chi connectivity index (χ4n) is 3.84. The van der Waals surface area contributed by atoms with Crippen molar-refractivity contribution in [1.82, 2.24) is 15.1 Å². The van der Waals surface area contributed by atoms with Crippen LogP contribution in [0, 0.1) is 6.92 Å². The van der Waals surface area contributed by atoms with Crippen molar-refractivity contribution < 1.29 is 14.4 Å². The summed E-state index contributed by atoms with van der Waals surface area (Å²) in [4.78, 5) is 40.7. The summed E-state index contributed by atoms with van der Waals surface area (Å²) >= 11 is 0. The van der Waals surface area contributed by atoms with E-state index in [4.69, 9.17) is 0 Å². The molecular weight excluding hydrogens is 330 g/mol. The van der Waals surface area contributed by atoms with Gasteiger partial charge in [-0.15, -0.1) is 0 Å². The highest BCUT2D eigenvalue weighted by atomic mass is 16.2. The summed E-state index contributed by atoms with van der Waals surface area (Å²) in [6, 6.07) is 7.19. The molecule has 0 spiro atoms. The number of aryl methyl sites for hydroxylation is 1. The van der Waals surface area contributed by atoms with Crippen molar-refractivity contribution in [2.45, 2.75) is 57.5 Å². The molecule has 1 heterocycles. The van der Waals surface area contributed by atoms with Gasteiger partial charge in [0.05, 0.1) is 0 Å². The lowest BCUT2D eigenvalue weighted by molar-refractivity contribution is -0.139. The second kappa shape index (κ2) is 7.09. The van der Waals surface area contributed by atoms with Crippen LogP contribution in [0.2, 0.25) is 0 Å². The monoisotopic (exact) mass is 357 g/mol. The van der Waals surface area contributed by atoms with Gasteiger partial charge in [0.2, 0.25) is 5.91 Å². The van der Waals surface area contributed by atoms with E-state index in [1.54, 1.807) is 18.9 Å². The Balaban J connectivity index is 1.72. The summed E-state index contributed by atoms with van der Waals surface area (Å²) in [6.07, 6.45) is 5.43. The number of nitrogens with one attached hydrogen (secondary N) is 1. The molecule has 1 aromatic rings. The van der Waals surface area contributed by atoms with Gasteiger partial charge in [0.1, 0.15) is 12.1 Å². The Morgan fingerprint density at radius 2 is 1.81 bits per heavy atom. The first-order valence-electron chi connectivity index (χ1n) is 9.30. The molecule has 1 aliphatic heterocycles. The Morgan fingerprint density at radius 3 is 2.42 bits per heavy atom. The van der Waals surface area contributed by atoms with E-state index < -0.39 is 11.6 Å². The zero-order chi connectivity index (χ0) is 18.9. The molecule has 1 saturated heterocycles. The quantitative estimate of drug-likeness (QED) is 0.842. The van der Waals surface area contributed by atoms with E-state index in [0.29, 0.717) is 0 Å². The Bertz CT molecular complexity index is 710. The summed E-state index contributed by atoms with van der Waals surface area (Å²) in [5.74, 6) is -0.565. The number of imide groups is 1. The van der Waals surface area contributed by atoms with Crippen LogP contribution >= 0.6 is 0 Å². The average Bonchev–Trinajstić information content (AvgIpc) is 2.86. The second-order valence-corrected chi connectivity index (χ2v) is 7.61. The van der Waals surface area contributed by atoms with E-state index in [2.05, 4.69) is 5.32 Å². The van der Waals surface area contributed by atoms with Gasteiger partial charge < -0.3 is 10.2 Å². The van der Waals surface area contributed by atoms with E-state index in [-0.39, 0.29) is 24.4 Å². The lowest BCUT2D eigenvalue weighted by Crippen LogP contribution is -2.46. The summed E-state index contributed by atoms with van der Waals surface area (Å²) < 4.78 is 0. The zero-order valence-corrected chi connectivity index (χ0v) is 15.7.